The molecule has 1 heterocycles. The fourth-order valence-electron chi connectivity index (χ4n) is 5.21. The molecule has 30 heavy (non-hydrogen) atoms. The third-order valence-corrected chi connectivity index (χ3v) is 7.54. The summed E-state index contributed by atoms with van der Waals surface area (Å²) in [6.07, 6.45) is 8.65. The van der Waals surface area contributed by atoms with Crippen LogP contribution < -0.4 is 0 Å². The molecule has 0 amide bonds. The minimum Gasteiger partial charge on any atom is -0.495 e. The summed E-state index contributed by atoms with van der Waals surface area (Å²) in [5.41, 5.74) is -0.414. The minimum absolute atomic E-state index is 0. The van der Waals surface area contributed by atoms with Crippen molar-refractivity contribution in [2.45, 2.75) is 112 Å². The Morgan fingerprint density at radius 3 is 2.50 bits per heavy atom. The summed E-state index contributed by atoms with van der Waals surface area (Å²) in [6, 6.07) is 0. The van der Waals surface area contributed by atoms with Crippen LogP contribution in [0.4, 0.5) is 0 Å². The number of carbonyl (C=O) groups is 1. The summed E-state index contributed by atoms with van der Waals surface area (Å²) in [5.74, 6) is 2.86. The van der Waals surface area contributed by atoms with Crippen molar-refractivity contribution in [1.82, 2.24) is 0 Å². The monoisotopic (exact) mass is 424 g/mol. The zero-order valence-electron chi connectivity index (χ0n) is 19.4. The van der Waals surface area contributed by atoms with E-state index in [-0.39, 0.29) is 25.6 Å². The Morgan fingerprint density at radius 2 is 1.90 bits per heavy atom. The Balaban J connectivity index is 0.00000450. The van der Waals surface area contributed by atoms with Crippen LogP contribution in [0.3, 0.4) is 0 Å². The van der Waals surface area contributed by atoms with Crippen LogP contribution in [0.2, 0.25) is 0 Å². The summed E-state index contributed by atoms with van der Waals surface area (Å²) in [7, 11) is 0. The highest BCUT2D eigenvalue weighted by Gasteiger charge is 2.39. The first-order valence-electron chi connectivity index (χ1n) is 11.9. The first kappa shape index (κ1) is 27.0. The van der Waals surface area contributed by atoms with Crippen molar-refractivity contribution in [3.05, 3.63) is 12.3 Å². The molecule has 0 radical (unpaired) electrons. The van der Waals surface area contributed by atoms with Crippen molar-refractivity contribution in [2.24, 2.45) is 29.1 Å². The van der Waals surface area contributed by atoms with Crippen LogP contribution in [-0.2, 0) is 14.3 Å². The molecule has 2 rings (SSSR count). The van der Waals surface area contributed by atoms with Gasteiger partial charge in [0, 0.05) is 12.8 Å². The lowest BCUT2D eigenvalue weighted by molar-refractivity contribution is -0.158. The first-order chi connectivity index (χ1) is 13.7. The average molecular weight is 425 g/mol. The van der Waals surface area contributed by atoms with Gasteiger partial charge in [-0.25, -0.2) is 0 Å². The lowest BCUT2D eigenvalue weighted by atomic mass is 9.64. The largest absolute Gasteiger partial charge is 0.495 e. The molecule has 6 atom stereocenters. The van der Waals surface area contributed by atoms with Crippen molar-refractivity contribution >= 4 is 5.97 Å². The number of esters is 1. The lowest BCUT2D eigenvalue weighted by Crippen LogP contribution is -2.39. The Kier molecular flexibility index (Phi) is 10.9. The van der Waals surface area contributed by atoms with E-state index >= 15 is 0 Å². The van der Waals surface area contributed by atoms with E-state index in [1.165, 1.54) is 25.7 Å². The fraction of sp³-hybridized carbons (Fsp3) is 0.885. The van der Waals surface area contributed by atoms with Gasteiger partial charge in [0.05, 0.1) is 23.9 Å². The number of carbonyl (C=O) groups excluding carboxylic acids is 1. The van der Waals surface area contributed by atoms with Crippen LogP contribution in [0, 0.1) is 29.1 Å². The first-order valence-corrected chi connectivity index (χ1v) is 11.9. The molecular formula is C26H48O4. The highest BCUT2D eigenvalue weighted by molar-refractivity contribution is 5.75. The molecule has 0 bridgehead atoms. The van der Waals surface area contributed by atoms with Crippen LogP contribution in [-0.4, -0.2) is 29.9 Å². The van der Waals surface area contributed by atoms with Gasteiger partial charge in [-0.15, -0.1) is 0 Å². The topological polar surface area (TPSA) is 55.8 Å². The van der Waals surface area contributed by atoms with E-state index in [0.717, 1.165) is 19.3 Å². The Bertz CT molecular complexity index is 541. The third-order valence-electron chi connectivity index (χ3n) is 7.54. The van der Waals surface area contributed by atoms with Crippen LogP contribution in [0.5, 0.6) is 0 Å². The molecule has 2 fully saturated rings. The molecule has 0 aromatic heterocycles. The maximum atomic E-state index is 12.6. The van der Waals surface area contributed by atoms with Crippen molar-refractivity contribution < 1.29 is 19.4 Å². The van der Waals surface area contributed by atoms with Gasteiger partial charge in [0.1, 0.15) is 6.10 Å². The predicted molar refractivity (Wildman–Crippen MR) is 124 cm³/mol. The van der Waals surface area contributed by atoms with Gasteiger partial charge in [0.25, 0.3) is 0 Å². The summed E-state index contributed by atoms with van der Waals surface area (Å²) in [4.78, 5) is 12.6. The Morgan fingerprint density at radius 1 is 1.20 bits per heavy atom. The standard InChI is InChI=1S/C25H44O4.CH4/c1-7-9-19-11-10-17(3)22(13-12-21-15-20(26)14-18(4)29-21)23(19)16-28-24(27)25(5,6)8-2;/h17,19-23,26H,4,7-16H2,1-3,5-6H3;1H4/t17-,19+,20+,21-,22-,23-;/m0./s1. The molecule has 176 valence electrons. The average Bonchev–Trinajstić information content (AvgIpc) is 2.66. The second-order valence-corrected chi connectivity index (χ2v) is 10.2. The van der Waals surface area contributed by atoms with Crippen molar-refractivity contribution in [2.75, 3.05) is 6.61 Å². The Hall–Kier alpha value is -1.03. The molecule has 1 N–H and O–H groups in total. The van der Waals surface area contributed by atoms with Gasteiger partial charge in [-0.05, 0) is 63.2 Å². The van der Waals surface area contributed by atoms with Gasteiger partial charge in [-0.1, -0.05) is 54.0 Å². The van der Waals surface area contributed by atoms with Gasteiger partial charge in [-0.2, -0.15) is 0 Å². The van der Waals surface area contributed by atoms with Gasteiger partial charge >= 0.3 is 5.97 Å². The number of hydrogen-bond donors (Lipinski definition) is 1. The van der Waals surface area contributed by atoms with E-state index in [4.69, 9.17) is 9.47 Å². The molecule has 0 aromatic carbocycles. The lowest BCUT2D eigenvalue weighted by Gasteiger charge is -2.43. The molecule has 1 saturated carbocycles. The number of aliphatic hydroxyl groups is 1. The van der Waals surface area contributed by atoms with Gasteiger partial charge in [-0.3, -0.25) is 4.79 Å². The molecule has 4 heteroatoms. The van der Waals surface area contributed by atoms with E-state index < -0.39 is 5.41 Å². The van der Waals surface area contributed by atoms with E-state index in [1.807, 2.05) is 20.8 Å². The fourth-order valence-corrected chi connectivity index (χ4v) is 5.21. The highest BCUT2D eigenvalue weighted by atomic mass is 16.5. The summed E-state index contributed by atoms with van der Waals surface area (Å²) >= 11 is 0. The maximum absolute atomic E-state index is 12.6. The second kappa shape index (κ2) is 12.1. The molecule has 1 aliphatic heterocycles. The van der Waals surface area contributed by atoms with Gasteiger partial charge < -0.3 is 14.6 Å². The molecular weight excluding hydrogens is 376 g/mol. The summed E-state index contributed by atoms with van der Waals surface area (Å²) in [5, 5.41) is 10.0. The van der Waals surface area contributed by atoms with Crippen molar-refractivity contribution in [3.63, 3.8) is 0 Å². The normalized spacial score (nSPS) is 32.1. The Labute approximate surface area is 185 Å². The van der Waals surface area contributed by atoms with Crippen LogP contribution >= 0.6 is 0 Å². The second-order valence-electron chi connectivity index (χ2n) is 10.2. The highest BCUT2D eigenvalue weighted by Crippen LogP contribution is 2.44. The molecule has 2 aliphatic rings. The molecule has 0 unspecified atom stereocenters. The van der Waals surface area contributed by atoms with Crippen LogP contribution in [0.25, 0.3) is 0 Å². The zero-order chi connectivity index (χ0) is 21.6. The number of ether oxygens (including phenoxy) is 2. The van der Waals surface area contributed by atoms with Crippen LogP contribution in [0.1, 0.15) is 99.8 Å². The van der Waals surface area contributed by atoms with Gasteiger partial charge in [0.2, 0.25) is 0 Å². The third kappa shape index (κ3) is 7.28. The maximum Gasteiger partial charge on any atom is 0.311 e. The number of rotatable bonds is 9. The molecule has 4 nitrogen and oxygen atoms in total. The van der Waals surface area contributed by atoms with Crippen molar-refractivity contribution in [3.8, 4) is 0 Å². The predicted octanol–water partition coefficient (Wildman–Crippen LogP) is 6.51. The van der Waals surface area contributed by atoms with Gasteiger partial charge in [0.15, 0.2) is 0 Å². The zero-order valence-corrected chi connectivity index (χ0v) is 19.4. The SMILES string of the molecule is C.C=C1C[C@@H](O)C[C@H](CC[C@@H]2[C@@H](COC(=O)C(C)(C)CC)[C@H](CCC)CC[C@@H]2C)O1. The number of aliphatic hydroxyl groups excluding tert-OH is 1. The summed E-state index contributed by atoms with van der Waals surface area (Å²) in [6.45, 7) is 15.0. The van der Waals surface area contributed by atoms with E-state index in [0.29, 0.717) is 48.9 Å². The molecule has 1 aliphatic carbocycles. The van der Waals surface area contributed by atoms with Crippen molar-refractivity contribution in [1.29, 1.82) is 0 Å². The molecule has 0 aromatic rings. The summed E-state index contributed by atoms with van der Waals surface area (Å²) < 4.78 is 11.8. The van der Waals surface area contributed by atoms with Crippen LogP contribution in [0.15, 0.2) is 12.3 Å². The van der Waals surface area contributed by atoms with E-state index in [2.05, 4.69) is 20.4 Å². The molecule has 1 saturated heterocycles. The van der Waals surface area contributed by atoms with E-state index in [1.54, 1.807) is 0 Å². The quantitative estimate of drug-likeness (QED) is 0.428. The molecule has 0 spiro atoms. The van der Waals surface area contributed by atoms with E-state index in [9.17, 15) is 9.90 Å². The number of hydrogen-bond acceptors (Lipinski definition) is 4. The smallest absolute Gasteiger partial charge is 0.311 e. The minimum atomic E-state index is -0.414.